The molecule has 0 radical (unpaired) electrons. The summed E-state index contributed by atoms with van der Waals surface area (Å²) in [5, 5.41) is 6.14. The molecule has 0 aliphatic carbocycles. The predicted molar refractivity (Wildman–Crippen MR) is 77.4 cm³/mol. The minimum atomic E-state index is -0.279. The zero-order chi connectivity index (χ0) is 14.5. The van der Waals surface area contributed by atoms with Crippen LogP contribution in [0.3, 0.4) is 0 Å². The fraction of sp³-hybridized carbons (Fsp3) is 0.308. The maximum atomic E-state index is 13.2. The number of benzene rings is 1. The third kappa shape index (κ3) is 3.77. The largest absolute Gasteiger partial charge is 0.354 e. The van der Waals surface area contributed by atoms with Crippen molar-refractivity contribution in [3.05, 3.63) is 40.9 Å². The van der Waals surface area contributed by atoms with Crippen LogP contribution in [-0.2, 0) is 0 Å². The van der Waals surface area contributed by atoms with Crippen LogP contribution in [0.25, 0.3) is 0 Å². The van der Waals surface area contributed by atoms with Crippen molar-refractivity contribution in [2.24, 2.45) is 0 Å². The first-order valence-electron chi connectivity index (χ1n) is 6.26. The number of rotatable bonds is 5. The summed E-state index contributed by atoms with van der Waals surface area (Å²) in [6.07, 6.45) is 0. The van der Waals surface area contributed by atoms with Gasteiger partial charge in [0.1, 0.15) is 5.82 Å². The van der Waals surface area contributed by atoms with Gasteiger partial charge in [-0.15, -0.1) is 0 Å². The molecule has 106 valence electrons. The second-order valence-electron chi connectivity index (χ2n) is 4.20. The van der Waals surface area contributed by atoms with E-state index in [1.165, 1.54) is 12.1 Å². The maximum Gasteiger partial charge on any atom is 0.229 e. The monoisotopic (exact) mass is 295 g/mol. The molecule has 1 unspecified atom stereocenters. The second kappa shape index (κ2) is 6.47. The average molecular weight is 296 g/mol. The Bertz CT molecular complexity index is 593. The molecule has 2 N–H and O–H groups in total. The van der Waals surface area contributed by atoms with E-state index in [2.05, 4.69) is 25.6 Å². The van der Waals surface area contributed by atoms with E-state index in [0.717, 1.165) is 5.56 Å². The van der Waals surface area contributed by atoms with Gasteiger partial charge in [0, 0.05) is 6.54 Å². The van der Waals surface area contributed by atoms with Crippen LogP contribution < -0.4 is 10.6 Å². The molecule has 0 amide bonds. The van der Waals surface area contributed by atoms with Gasteiger partial charge in [-0.25, -0.2) is 4.39 Å². The Labute approximate surface area is 121 Å². The number of halogens is 2. The van der Waals surface area contributed by atoms with Crippen molar-refractivity contribution in [3.8, 4) is 0 Å². The van der Waals surface area contributed by atoms with E-state index in [1.807, 2.05) is 19.9 Å². The van der Waals surface area contributed by atoms with Gasteiger partial charge in [-0.05, 0) is 43.1 Å². The molecule has 1 aromatic carbocycles. The lowest BCUT2D eigenvalue weighted by Gasteiger charge is -2.14. The van der Waals surface area contributed by atoms with E-state index < -0.39 is 0 Å². The van der Waals surface area contributed by atoms with Crippen LogP contribution in [0.2, 0.25) is 5.28 Å². The Morgan fingerprint density at radius 2 is 2.00 bits per heavy atom. The van der Waals surface area contributed by atoms with Gasteiger partial charge >= 0.3 is 0 Å². The van der Waals surface area contributed by atoms with E-state index in [9.17, 15) is 4.39 Å². The molecule has 2 aromatic rings. The molecule has 1 atom stereocenters. The topological polar surface area (TPSA) is 62.7 Å². The maximum absolute atomic E-state index is 13.2. The number of hydrogen-bond donors (Lipinski definition) is 2. The van der Waals surface area contributed by atoms with Crippen molar-refractivity contribution in [1.29, 1.82) is 0 Å². The van der Waals surface area contributed by atoms with Gasteiger partial charge in [0.2, 0.25) is 17.2 Å². The molecule has 5 nitrogen and oxygen atoms in total. The summed E-state index contributed by atoms with van der Waals surface area (Å²) >= 11 is 5.84. The average Bonchev–Trinajstić information content (AvgIpc) is 2.38. The lowest BCUT2D eigenvalue weighted by molar-refractivity contribution is 0.623. The zero-order valence-electron chi connectivity index (χ0n) is 11.2. The van der Waals surface area contributed by atoms with Crippen LogP contribution >= 0.6 is 11.6 Å². The summed E-state index contributed by atoms with van der Waals surface area (Å²) < 4.78 is 13.2. The second-order valence-corrected chi connectivity index (χ2v) is 4.54. The van der Waals surface area contributed by atoms with E-state index >= 15 is 0 Å². The quantitative estimate of drug-likeness (QED) is 0.886. The van der Waals surface area contributed by atoms with Crippen molar-refractivity contribution in [2.45, 2.75) is 19.9 Å². The highest BCUT2D eigenvalue weighted by molar-refractivity contribution is 6.28. The molecule has 1 heterocycles. The van der Waals surface area contributed by atoms with Gasteiger partial charge < -0.3 is 10.6 Å². The molecule has 0 spiro atoms. The number of hydrogen-bond acceptors (Lipinski definition) is 5. The van der Waals surface area contributed by atoms with Crippen LogP contribution in [0.4, 0.5) is 16.3 Å². The Balaban J connectivity index is 2.16. The van der Waals surface area contributed by atoms with Crippen molar-refractivity contribution >= 4 is 23.5 Å². The first-order chi connectivity index (χ1) is 9.58. The highest BCUT2D eigenvalue weighted by Crippen LogP contribution is 2.19. The van der Waals surface area contributed by atoms with Crippen LogP contribution in [-0.4, -0.2) is 21.5 Å². The first kappa shape index (κ1) is 14.5. The fourth-order valence-corrected chi connectivity index (χ4v) is 1.86. The van der Waals surface area contributed by atoms with Crippen LogP contribution in [0, 0.1) is 5.82 Å². The van der Waals surface area contributed by atoms with Gasteiger partial charge in [0.05, 0.1) is 6.04 Å². The lowest BCUT2D eigenvalue weighted by Crippen LogP contribution is -2.12. The molecular formula is C13H15ClFN5. The third-order valence-corrected chi connectivity index (χ3v) is 2.81. The highest BCUT2D eigenvalue weighted by atomic mass is 35.5. The van der Waals surface area contributed by atoms with E-state index in [4.69, 9.17) is 11.6 Å². The molecule has 7 heteroatoms. The molecule has 0 fully saturated rings. The van der Waals surface area contributed by atoms with Crippen molar-refractivity contribution in [2.75, 3.05) is 17.2 Å². The molecule has 0 saturated carbocycles. The SMILES string of the molecule is CCNc1nc(Cl)nc(NC(C)c2cccc(F)c2)n1. The van der Waals surface area contributed by atoms with E-state index in [0.29, 0.717) is 18.4 Å². The van der Waals surface area contributed by atoms with Crippen molar-refractivity contribution in [3.63, 3.8) is 0 Å². The number of anilines is 2. The van der Waals surface area contributed by atoms with Gasteiger partial charge in [-0.3, -0.25) is 0 Å². The summed E-state index contributed by atoms with van der Waals surface area (Å²) in [7, 11) is 0. The lowest BCUT2D eigenvalue weighted by atomic mass is 10.1. The minimum Gasteiger partial charge on any atom is -0.354 e. The summed E-state index contributed by atoms with van der Waals surface area (Å²) in [4.78, 5) is 12.1. The fourth-order valence-electron chi connectivity index (χ4n) is 1.70. The van der Waals surface area contributed by atoms with Crippen molar-refractivity contribution in [1.82, 2.24) is 15.0 Å². The number of nitrogens with zero attached hydrogens (tertiary/aromatic N) is 3. The predicted octanol–water partition coefficient (Wildman–Crippen LogP) is 3.27. The van der Waals surface area contributed by atoms with Gasteiger partial charge in [0.25, 0.3) is 0 Å². The first-order valence-corrected chi connectivity index (χ1v) is 6.63. The summed E-state index contributed by atoms with van der Waals surface area (Å²) in [6.45, 7) is 4.50. The third-order valence-electron chi connectivity index (χ3n) is 2.64. The summed E-state index contributed by atoms with van der Waals surface area (Å²) in [5.74, 6) is 0.470. The number of nitrogens with one attached hydrogen (secondary N) is 2. The van der Waals surface area contributed by atoms with Crippen LogP contribution in [0.5, 0.6) is 0 Å². The molecular weight excluding hydrogens is 281 g/mol. The molecule has 0 saturated heterocycles. The highest BCUT2D eigenvalue weighted by Gasteiger charge is 2.10. The molecule has 0 aliphatic heterocycles. The Morgan fingerprint density at radius 3 is 2.70 bits per heavy atom. The van der Waals surface area contributed by atoms with E-state index in [1.54, 1.807) is 6.07 Å². The minimum absolute atomic E-state index is 0.102. The summed E-state index contributed by atoms with van der Waals surface area (Å²) in [5.41, 5.74) is 0.798. The molecule has 2 rings (SSSR count). The Hall–Kier alpha value is -1.95. The van der Waals surface area contributed by atoms with Gasteiger partial charge in [0.15, 0.2) is 0 Å². The van der Waals surface area contributed by atoms with E-state index in [-0.39, 0.29) is 17.1 Å². The molecule has 0 aliphatic rings. The smallest absolute Gasteiger partial charge is 0.229 e. The summed E-state index contributed by atoms with van der Waals surface area (Å²) in [6, 6.07) is 6.20. The van der Waals surface area contributed by atoms with Gasteiger partial charge in [-0.2, -0.15) is 15.0 Å². The Morgan fingerprint density at radius 1 is 1.25 bits per heavy atom. The molecule has 0 bridgehead atoms. The van der Waals surface area contributed by atoms with Crippen LogP contribution in [0.15, 0.2) is 24.3 Å². The zero-order valence-corrected chi connectivity index (χ0v) is 11.9. The molecule has 1 aromatic heterocycles. The Kier molecular flexibility index (Phi) is 4.68. The normalized spacial score (nSPS) is 12.0. The number of aromatic nitrogens is 3. The van der Waals surface area contributed by atoms with Crippen molar-refractivity contribution < 1.29 is 4.39 Å². The standard InChI is InChI=1S/C13H15ClFN5/c1-3-16-12-18-11(14)19-13(20-12)17-8(2)9-5-4-6-10(15)7-9/h4-8H,3H2,1-2H3,(H2,16,17,18,19,20). The van der Waals surface area contributed by atoms with Gasteiger partial charge in [-0.1, -0.05) is 12.1 Å². The van der Waals surface area contributed by atoms with Crippen LogP contribution in [0.1, 0.15) is 25.5 Å². The molecule has 20 heavy (non-hydrogen) atoms.